The summed E-state index contributed by atoms with van der Waals surface area (Å²) in [5, 5.41) is 10.6. The monoisotopic (exact) mass is 270 g/mol. The lowest BCUT2D eigenvalue weighted by Gasteiger charge is -2.10. The molecule has 0 fully saturated rings. The van der Waals surface area contributed by atoms with Crippen LogP contribution in [-0.4, -0.2) is 20.2 Å². The topological polar surface area (TPSA) is 64.2 Å². The van der Waals surface area contributed by atoms with Crippen molar-refractivity contribution in [3.05, 3.63) is 46.4 Å². The molecule has 5 heteroatoms. The summed E-state index contributed by atoms with van der Waals surface area (Å²) >= 11 is 0. The number of nitrogens with zero attached hydrogens (tertiary/aromatic N) is 2. The number of aryl methyl sites for hydroxylation is 2. The summed E-state index contributed by atoms with van der Waals surface area (Å²) in [5.74, 6) is -1.03. The fourth-order valence-electron chi connectivity index (χ4n) is 2.78. The van der Waals surface area contributed by atoms with E-state index in [1.807, 2.05) is 31.2 Å². The zero-order valence-electron chi connectivity index (χ0n) is 11.3. The van der Waals surface area contributed by atoms with Gasteiger partial charge in [-0.2, -0.15) is 0 Å². The Hall–Kier alpha value is -2.56. The van der Waals surface area contributed by atoms with Crippen LogP contribution in [0.15, 0.2) is 35.1 Å². The molecule has 0 bridgehead atoms. The second kappa shape index (κ2) is 4.23. The molecule has 0 atom stereocenters. The molecule has 102 valence electrons. The Morgan fingerprint density at radius 2 is 1.95 bits per heavy atom. The van der Waals surface area contributed by atoms with Gasteiger partial charge in [-0.15, -0.1) is 0 Å². The van der Waals surface area contributed by atoms with Crippen molar-refractivity contribution >= 4 is 27.8 Å². The number of rotatable bonds is 2. The summed E-state index contributed by atoms with van der Waals surface area (Å²) in [4.78, 5) is 23.8. The minimum absolute atomic E-state index is 0.121. The molecule has 2 aromatic heterocycles. The summed E-state index contributed by atoms with van der Waals surface area (Å²) < 4.78 is 3.24. The maximum atomic E-state index is 12.5. The van der Waals surface area contributed by atoms with E-state index in [2.05, 4.69) is 0 Å². The molecule has 3 rings (SSSR count). The van der Waals surface area contributed by atoms with Crippen LogP contribution in [0.1, 0.15) is 17.4 Å². The number of para-hydroxylation sites is 1. The van der Waals surface area contributed by atoms with E-state index in [0.717, 1.165) is 10.9 Å². The molecular formula is C15H14N2O3. The van der Waals surface area contributed by atoms with Crippen LogP contribution in [0.3, 0.4) is 0 Å². The van der Waals surface area contributed by atoms with E-state index < -0.39 is 5.97 Å². The van der Waals surface area contributed by atoms with E-state index in [0.29, 0.717) is 17.4 Å². The van der Waals surface area contributed by atoms with Crippen molar-refractivity contribution in [1.82, 2.24) is 9.13 Å². The van der Waals surface area contributed by atoms with Crippen LogP contribution < -0.4 is 5.56 Å². The van der Waals surface area contributed by atoms with Gasteiger partial charge in [0.05, 0.1) is 16.4 Å². The molecule has 0 saturated heterocycles. The fourth-order valence-corrected chi connectivity index (χ4v) is 2.78. The summed E-state index contributed by atoms with van der Waals surface area (Å²) in [5.41, 5.74) is 1.47. The van der Waals surface area contributed by atoms with Gasteiger partial charge in [0.15, 0.2) is 0 Å². The minimum Gasteiger partial charge on any atom is -0.477 e. The molecule has 0 amide bonds. The molecule has 0 aliphatic rings. The molecular weight excluding hydrogens is 256 g/mol. The molecule has 5 nitrogen and oxygen atoms in total. The predicted molar refractivity (Wildman–Crippen MR) is 77.3 cm³/mol. The van der Waals surface area contributed by atoms with Crippen LogP contribution in [0.4, 0.5) is 0 Å². The average Bonchev–Trinajstić information content (AvgIpc) is 2.78. The van der Waals surface area contributed by atoms with Crippen molar-refractivity contribution in [2.24, 2.45) is 7.05 Å². The lowest BCUT2D eigenvalue weighted by Crippen LogP contribution is -2.19. The molecule has 2 heterocycles. The predicted octanol–water partition coefficient (Wildman–Crippen LogP) is 2.21. The fraction of sp³-hybridized carbons (Fsp3) is 0.200. The number of fused-ring (bicyclic) bond motifs is 3. The number of carboxylic acid groups (broad SMARTS) is 1. The largest absolute Gasteiger partial charge is 0.477 e. The Bertz CT molecular complexity index is 903. The lowest BCUT2D eigenvalue weighted by atomic mass is 10.1. The molecule has 0 radical (unpaired) electrons. The van der Waals surface area contributed by atoms with Crippen molar-refractivity contribution in [3.63, 3.8) is 0 Å². The minimum atomic E-state index is -1.03. The summed E-state index contributed by atoms with van der Waals surface area (Å²) in [7, 11) is 1.67. The van der Waals surface area contributed by atoms with Crippen LogP contribution in [0, 0.1) is 0 Å². The van der Waals surface area contributed by atoms with Crippen LogP contribution in [0.5, 0.6) is 0 Å². The molecule has 0 spiro atoms. The molecule has 0 aliphatic heterocycles. The zero-order valence-corrected chi connectivity index (χ0v) is 11.3. The third-order valence-electron chi connectivity index (χ3n) is 3.69. The van der Waals surface area contributed by atoms with Gasteiger partial charge in [0.2, 0.25) is 0 Å². The highest BCUT2D eigenvalue weighted by Gasteiger charge is 2.18. The van der Waals surface area contributed by atoms with Gasteiger partial charge >= 0.3 is 5.97 Å². The first kappa shape index (κ1) is 12.5. The van der Waals surface area contributed by atoms with E-state index in [4.69, 9.17) is 0 Å². The van der Waals surface area contributed by atoms with Gasteiger partial charge in [0.25, 0.3) is 5.56 Å². The highest BCUT2D eigenvalue weighted by Crippen LogP contribution is 2.25. The van der Waals surface area contributed by atoms with Gasteiger partial charge in [-0.05, 0) is 19.1 Å². The Kier molecular flexibility index (Phi) is 2.64. The maximum absolute atomic E-state index is 12.5. The van der Waals surface area contributed by atoms with Gasteiger partial charge in [-0.25, -0.2) is 4.79 Å². The SMILES string of the molecule is CCn1c(=O)c2cc(C(=O)O)n(C)c2c2ccccc21. The van der Waals surface area contributed by atoms with Gasteiger partial charge in [0.1, 0.15) is 5.69 Å². The lowest BCUT2D eigenvalue weighted by molar-refractivity contribution is 0.0687. The van der Waals surface area contributed by atoms with Crippen molar-refractivity contribution in [3.8, 4) is 0 Å². The average molecular weight is 270 g/mol. The molecule has 1 aromatic carbocycles. The quantitative estimate of drug-likeness (QED) is 0.776. The number of carbonyl (C=O) groups is 1. The number of aromatic carboxylic acids is 1. The molecule has 0 unspecified atom stereocenters. The Balaban J connectivity index is 2.65. The number of hydrogen-bond acceptors (Lipinski definition) is 2. The highest BCUT2D eigenvalue weighted by atomic mass is 16.4. The Labute approximate surface area is 114 Å². The van der Waals surface area contributed by atoms with Crippen molar-refractivity contribution < 1.29 is 9.90 Å². The van der Waals surface area contributed by atoms with Crippen LogP contribution in [0.25, 0.3) is 21.8 Å². The molecule has 20 heavy (non-hydrogen) atoms. The normalized spacial score (nSPS) is 11.3. The number of aromatic nitrogens is 2. The number of benzene rings is 1. The van der Waals surface area contributed by atoms with E-state index in [9.17, 15) is 14.7 Å². The maximum Gasteiger partial charge on any atom is 0.352 e. The number of pyridine rings is 1. The Morgan fingerprint density at radius 3 is 2.60 bits per heavy atom. The van der Waals surface area contributed by atoms with Crippen molar-refractivity contribution in [2.45, 2.75) is 13.5 Å². The van der Waals surface area contributed by atoms with Crippen molar-refractivity contribution in [1.29, 1.82) is 0 Å². The molecule has 1 N–H and O–H groups in total. The van der Waals surface area contributed by atoms with E-state index in [1.54, 1.807) is 16.2 Å². The van der Waals surface area contributed by atoms with E-state index in [-0.39, 0.29) is 11.3 Å². The third kappa shape index (κ3) is 1.49. The summed E-state index contributed by atoms with van der Waals surface area (Å²) in [6, 6.07) is 9.01. The van der Waals surface area contributed by atoms with E-state index in [1.165, 1.54) is 6.07 Å². The first-order valence-corrected chi connectivity index (χ1v) is 6.40. The third-order valence-corrected chi connectivity index (χ3v) is 3.69. The first-order valence-electron chi connectivity index (χ1n) is 6.40. The van der Waals surface area contributed by atoms with E-state index >= 15 is 0 Å². The van der Waals surface area contributed by atoms with Gasteiger partial charge in [-0.1, -0.05) is 18.2 Å². The summed E-state index contributed by atoms with van der Waals surface area (Å²) in [6.45, 7) is 2.45. The first-order chi connectivity index (χ1) is 9.56. The van der Waals surface area contributed by atoms with Gasteiger partial charge < -0.3 is 14.2 Å². The molecule has 0 aliphatic carbocycles. The van der Waals surface area contributed by atoms with Gasteiger partial charge in [-0.3, -0.25) is 4.79 Å². The number of carboxylic acids is 1. The molecule has 0 saturated carbocycles. The Morgan fingerprint density at radius 1 is 1.25 bits per heavy atom. The molecule has 3 aromatic rings. The van der Waals surface area contributed by atoms with Crippen LogP contribution in [0.2, 0.25) is 0 Å². The van der Waals surface area contributed by atoms with Crippen LogP contribution in [-0.2, 0) is 13.6 Å². The second-order valence-electron chi connectivity index (χ2n) is 4.72. The zero-order chi connectivity index (χ0) is 14.4. The van der Waals surface area contributed by atoms with Crippen molar-refractivity contribution in [2.75, 3.05) is 0 Å². The second-order valence-corrected chi connectivity index (χ2v) is 4.72. The standard InChI is InChI=1S/C15H14N2O3/c1-3-17-11-7-5-4-6-9(11)13-10(14(17)18)8-12(15(19)20)16(13)2/h4-8H,3H2,1-2H3,(H,19,20). The highest BCUT2D eigenvalue weighted by molar-refractivity contribution is 6.07. The van der Waals surface area contributed by atoms with Gasteiger partial charge in [0, 0.05) is 19.0 Å². The number of hydrogen-bond donors (Lipinski definition) is 1. The summed E-state index contributed by atoms with van der Waals surface area (Å²) in [6.07, 6.45) is 0. The smallest absolute Gasteiger partial charge is 0.352 e. The van der Waals surface area contributed by atoms with Crippen LogP contribution >= 0.6 is 0 Å².